The fourth-order valence-electron chi connectivity index (χ4n) is 1.67. The van der Waals surface area contributed by atoms with Crippen molar-refractivity contribution in [1.82, 2.24) is 0 Å². The highest BCUT2D eigenvalue weighted by molar-refractivity contribution is 5.66. The third-order valence-electron chi connectivity index (χ3n) is 2.53. The van der Waals surface area contributed by atoms with Crippen LogP contribution in [0.4, 0.5) is 8.78 Å². The summed E-state index contributed by atoms with van der Waals surface area (Å²) in [6.07, 6.45) is 7.04. The fraction of sp³-hybridized carbons (Fsp3) is 0.786. The number of alkyl halides is 2. The molecule has 0 aromatic rings. The zero-order chi connectivity index (χ0) is 13.9. The highest BCUT2D eigenvalue weighted by Crippen LogP contribution is 2.23. The molecule has 0 spiro atoms. The summed E-state index contributed by atoms with van der Waals surface area (Å²) < 4.78 is 29.8. The van der Waals surface area contributed by atoms with E-state index in [0.717, 1.165) is 45.4 Å². The maximum absolute atomic E-state index is 12.9. The van der Waals surface area contributed by atoms with Crippen LogP contribution in [0.3, 0.4) is 0 Å². The molecule has 0 N–H and O–H groups in total. The first kappa shape index (κ1) is 17.1. The van der Waals surface area contributed by atoms with E-state index >= 15 is 0 Å². The number of carbonyl (C=O) groups excluding carboxylic acids is 1. The number of rotatable bonds is 10. The van der Waals surface area contributed by atoms with E-state index in [0.29, 0.717) is 6.42 Å². The predicted octanol–water partition coefficient (Wildman–Crippen LogP) is 4.84. The molecule has 0 radical (unpaired) electrons. The van der Waals surface area contributed by atoms with E-state index in [-0.39, 0.29) is 6.42 Å². The average Bonchev–Trinajstić information content (AvgIpc) is 2.25. The summed E-state index contributed by atoms with van der Waals surface area (Å²) in [6, 6.07) is 0. The second-order valence-electron chi connectivity index (χ2n) is 4.42. The van der Waals surface area contributed by atoms with Crippen LogP contribution >= 0.6 is 0 Å². The van der Waals surface area contributed by atoms with Gasteiger partial charge in [0.2, 0.25) is 0 Å². The zero-order valence-electron chi connectivity index (χ0n) is 11.4. The molecule has 0 unspecified atom stereocenters. The van der Waals surface area contributed by atoms with Crippen LogP contribution in [0.5, 0.6) is 0 Å². The Labute approximate surface area is 108 Å². The van der Waals surface area contributed by atoms with Crippen molar-refractivity contribution in [2.45, 2.75) is 71.3 Å². The molecule has 0 atom stereocenters. The van der Waals surface area contributed by atoms with E-state index in [1.807, 2.05) is 0 Å². The topological polar surface area (TPSA) is 26.3 Å². The molecule has 4 heteroatoms. The predicted molar refractivity (Wildman–Crippen MR) is 68.5 cm³/mol. The number of ether oxygens (including phenoxy) is 1. The molecule has 0 aliphatic rings. The molecule has 0 fully saturated rings. The van der Waals surface area contributed by atoms with Gasteiger partial charge in [-0.3, -0.25) is 4.79 Å². The molecule has 0 aliphatic carbocycles. The first-order chi connectivity index (χ1) is 8.48. The van der Waals surface area contributed by atoms with Gasteiger partial charge in [-0.15, -0.1) is 0 Å². The lowest BCUT2D eigenvalue weighted by Crippen LogP contribution is -2.23. The van der Waals surface area contributed by atoms with Crippen molar-refractivity contribution in [3.05, 3.63) is 12.2 Å². The van der Waals surface area contributed by atoms with Gasteiger partial charge >= 0.3 is 12.1 Å². The molecule has 0 rings (SSSR count). The van der Waals surface area contributed by atoms with Crippen molar-refractivity contribution in [3.8, 4) is 0 Å². The summed E-state index contributed by atoms with van der Waals surface area (Å²) in [7, 11) is 0. The zero-order valence-corrected chi connectivity index (χ0v) is 11.4. The largest absolute Gasteiger partial charge is 0.401 e. The quantitative estimate of drug-likeness (QED) is 0.320. The Morgan fingerprint density at radius 3 is 2.33 bits per heavy atom. The second kappa shape index (κ2) is 10.0. The van der Waals surface area contributed by atoms with Gasteiger partial charge in [0.05, 0.1) is 6.42 Å². The minimum Gasteiger partial charge on any atom is -0.401 e. The van der Waals surface area contributed by atoms with E-state index in [9.17, 15) is 13.6 Å². The van der Waals surface area contributed by atoms with Gasteiger partial charge in [0.15, 0.2) is 0 Å². The van der Waals surface area contributed by atoms with E-state index in [2.05, 4.69) is 23.8 Å². The van der Waals surface area contributed by atoms with Crippen molar-refractivity contribution in [3.63, 3.8) is 0 Å². The van der Waals surface area contributed by atoms with Crippen LogP contribution in [-0.4, -0.2) is 12.1 Å². The number of unbranched alkanes of at least 4 members (excludes halogenated alkanes) is 5. The molecule has 0 amide bonds. The van der Waals surface area contributed by atoms with E-state index < -0.39 is 12.1 Å². The van der Waals surface area contributed by atoms with Gasteiger partial charge in [0.25, 0.3) is 0 Å². The molecule has 0 heterocycles. The molecule has 106 valence electrons. The molecule has 2 nitrogen and oxygen atoms in total. The standard InChI is InChI=1S/C14H24F2O2/c1-3-4-5-6-7-8-9-10-11-12-14(15,16)18-13(2)17/h4-5H,3,6-12H2,1-2H3/b5-4-. The maximum Gasteiger partial charge on any atom is 0.399 e. The van der Waals surface area contributed by atoms with Crippen LogP contribution in [0, 0.1) is 0 Å². The maximum atomic E-state index is 12.9. The molecule has 0 aliphatic heterocycles. The monoisotopic (exact) mass is 262 g/mol. The first-order valence-electron chi connectivity index (χ1n) is 6.70. The van der Waals surface area contributed by atoms with Crippen molar-refractivity contribution >= 4 is 5.97 Å². The number of halogens is 2. The minimum absolute atomic E-state index is 0.373. The average molecular weight is 262 g/mol. The van der Waals surface area contributed by atoms with Gasteiger partial charge in [0.1, 0.15) is 0 Å². The third-order valence-corrected chi connectivity index (χ3v) is 2.53. The fourth-order valence-corrected chi connectivity index (χ4v) is 1.67. The number of esters is 1. The second-order valence-corrected chi connectivity index (χ2v) is 4.42. The Morgan fingerprint density at radius 2 is 1.72 bits per heavy atom. The van der Waals surface area contributed by atoms with Crippen molar-refractivity contribution < 1.29 is 18.3 Å². The highest BCUT2D eigenvalue weighted by atomic mass is 19.3. The van der Waals surface area contributed by atoms with Crippen molar-refractivity contribution in [1.29, 1.82) is 0 Å². The lowest BCUT2D eigenvalue weighted by Gasteiger charge is -2.14. The van der Waals surface area contributed by atoms with Crippen LogP contribution < -0.4 is 0 Å². The van der Waals surface area contributed by atoms with Crippen molar-refractivity contribution in [2.75, 3.05) is 0 Å². The molecule has 0 aromatic carbocycles. The van der Waals surface area contributed by atoms with E-state index in [4.69, 9.17) is 0 Å². The molecular weight excluding hydrogens is 238 g/mol. The summed E-state index contributed by atoms with van der Waals surface area (Å²) in [6.45, 7) is 3.09. The Morgan fingerprint density at radius 1 is 1.11 bits per heavy atom. The molecule has 0 saturated carbocycles. The summed E-state index contributed by atoms with van der Waals surface area (Å²) >= 11 is 0. The summed E-state index contributed by atoms with van der Waals surface area (Å²) in [4.78, 5) is 10.4. The normalized spacial score (nSPS) is 12.0. The van der Waals surface area contributed by atoms with Crippen LogP contribution in [0.15, 0.2) is 12.2 Å². The Balaban J connectivity index is 3.39. The van der Waals surface area contributed by atoms with Gasteiger partial charge in [-0.1, -0.05) is 38.3 Å². The SMILES string of the molecule is CC/C=C\CCCCCCCC(F)(F)OC(C)=O. The molecule has 0 aromatic heterocycles. The summed E-state index contributed by atoms with van der Waals surface area (Å²) in [5.74, 6) is -0.928. The van der Waals surface area contributed by atoms with Gasteiger partial charge in [-0.2, -0.15) is 8.78 Å². The molecule has 18 heavy (non-hydrogen) atoms. The summed E-state index contributed by atoms with van der Waals surface area (Å²) in [5, 5.41) is 0. The molecule has 0 saturated heterocycles. The summed E-state index contributed by atoms with van der Waals surface area (Å²) in [5.41, 5.74) is 0. The Kier molecular flexibility index (Phi) is 9.52. The van der Waals surface area contributed by atoms with Crippen molar-refractivity contribution in [2.24, 2.45) is 0 Å². The molecule has 0 bridgehead atoms. The number of carbonyl (C=O) groups is 1. The lowest BCUT2D eigenvalue weighted by molar-refractivity contribution is -0.233. The first-order valence-corrected chi connectivity index (χ1v) is 6.70. The Bertz CT molecular complexity index is 250. The van der Waals surface area contributed by atoms with Gasteiger partial charge < -0.3 is 4.74 Å². The number of hydrogen-bond acceptors (Lipinski definition) is 2. The minimum atomic E-state index is -3.30. The number of hydrogen-bond donors (Lipinski definition) is 0. The van der Waals surface area contributed by atoms with Gasteiger partial charge in [0, 0.05) is 6.92 Å². The lowest BCUT2D eigenvalue weighted by atomic mass is 10.1. The van der Waals surface area contributed by atoms with Crippen LogP contribution in [0.1, 0.15) is 65.2 Å². The van der Waals surface area contributed by atoms with E-state index in [1.54, 1.807) is 0 Å². The third kappa shape index (κ3) is 11.6. The highest BCUT2D eigenvalue weighted by Gasteiger charge is 2.31. The van der Waals surface area contributed by atoms with Gasteiger partial charge in [-0.05, 0) is 25.7 Å². The van der Waals surface area contributed by atoms with Gasteiger partial charge in [-0.25, -0.2) is 0 Å². The molecular formula is C14H24F2O2. The van der Waals surface area contributed by atoms with Crippen LogP contribution in [0.25, 0.3) is 0 Å². The smallest absolute Gasteiger partial charge is 0.399 e. The number of allylic oxidation sites excluding steroid dienone is 2. The van der Waals surface area contributed by atoms with E-state index in [1.165, 1.54) is 0 Å². The van der Waals surface area contributed by atoms with Crippen LogP contribution in [-0.2, 0) is 9.53 Å². The Hall–Kier alpha value is -0.930. The van der Waals surface area contributed by atoms with Crippen LogP contribution in [0.2, 0.25) is 0 Å².